The smallest absolute Gasteiger partial charge is 0.236 e. The van der Waals surface area contributed by atoms with Crippen molar-refractivity contribution in [3.63, 3.8) is 0 Å². The van der Waals surface area contributed by atoms with Gasteiger partial charge in [0.2, 0.25) is 5.91 Å². The molecule has 0 aromatic heterocycles. The minimum Gasteiger partial charge on any atom is -0.389 e. The molecule has 0 atom stereocenters. The first kappa shape index (κ1) is 12.9. The van der Waals surface area contributed by atoms with Crippen molar-refractivity contribution in [1.29, 1.82) is 0 Å². The average molecular weight is 302 g/mol. The molecule has 86 valence electrons. The second kappa shape index (κ2) is 5.27. The first-order valence-electron chi connectivity index (χ1n) is 4.51. The summed E-state index contributed by atoms with van der Waals surface area (Å²) >= 11 is 8.35. The van der Waals surface area contributed by atoms with Crippen LogP contribution in [0.4, 0.5) is 5.69 Å². The van der Waals surface area contributed by atoms with E-state index in [9.17, 15) is 4.79 Å². The van der Waals surface area contributed by atoms with E-state index in [1.54, 1.807) is 11.9 Å². The maximum Gasteiger partial charge on any atom is 0.236 e. The third-order valence-corrected chi connectivity index (χ3v) is 2.91. The minimum atomic E-state index is -0.406. The molecule has 0 saturated heterocycles. The lowest BCUT2D eigenvalue weighted by Gasteiger charge is -2.21. The molecule has 0 aliphatic heterocycles. The van der Waals surface area contributed by atoms with E-state index < -0.39 is 5.91 Å². The lowest BCUT2D eigenvalue weighted by Crippen LogP contribution is -2.32. The Morgan fingerprint density at radius 3 is 2.62 bits per heavy atom. The van der Waals surface area contributed by atoms with Gasteiger partial charge in [-0.2, -0.15) is 0 Å². The molecule has 1 rings (SSSR count). The van der Waals surface area contributed by atoms with E-state index in [1.165, 1.54) is 0 Å². The van der Waals surface area contributed by atoms with Crippen molar-refractivity contribution < 1.29 is 4.79 Å². The summed E-state index contributed by atoms with van der Waals surface area (Å²) in [5.74, 6) is -0.406. The lowest BCUT2D eigenvalue weighted by atomic mass is 10.1. The number of carbonyl (C=O) groups is 1. The highest BCUT2D eigenvalue weighted by molar-refractivity contribution is 9.10. The van der Waals surface area contributed by atoms with Gasteiger partial charge < -0.3 is 16.4 Å². The summed E-state index contributed by atoms with van der Waals surface area (Å²) in [5, 5.41) is 0. The van der Waals surface area contributed by atoms with Gasteiger partial charge in [-0.25, -0.2) is 0 Å². The number of carbonyl (C=O) groups excluding carboxylic acids is 1. The lowest BCUT2D eigenvalue weighted by molar-refractivity contribution is -0.116. The van der Waals surface area contributed by atoms with Gasteiger partial charge in [0.15, 0.2) is 0 Å². The van der Waals surface area contributed by atoms with Gasteiger partial charge in [0.05, 0.1) is 6.54 Å². The molecule has 0 radical (unpaired) electrons. The maximum absolute atomic E-state index is 10.9. The Hall–Kier alpha value is -1.14. The van der Waals surface area contributed by atoms with Crippen LogP contribution in [0.1, 0.15) is 5.56 Å². The van der Waals surface area contributed by atoms with Gasteiger partial charge in [0.1, 0.15) is 4.99 Å². The van der Waals surface area contributed by atoms with Crippen molar-refractivity contribution in [2.75, 3.05) is 18.5 Å². The first-order chi connectivity index (χ1) is 7.43. The van der Waals surface area contributed by atoms with Gasteiger partial charge in [-0.1, -0.05) is 18.3 Å². The zero-order valence-electron chi connectivity index (χ0n) is 8.74. The molecular formula is C10H12BrN3OS. The molecular weight excluding hydrogens is 290 g/mol. The van der Waals surface area contributed by atoms with Crippen LogP contribution in [0.15, 0.2) is 22.7 Å². The van der Waals surface area contributed by atoms with Gasteiger partial charge in [0, 0.05) is 22.8 Å². The summed E-state index contributed by atoms with van der Waals surface area (Å²) in [4.78, 5) is 12.8. The van der Waals surface area contributed by atoms with Crippen molar-refractivity contribution in [3.05, 3.63) is 28.2 Å². The monoisotopic (exact) mass is 301 g/mol. The van der Waals surface area contributed by atoms with Crippen molar-refractivity contribution in [1.82, 2.24) is 0 Å². The summed E-state index contributed by atoms with van der Waals surface area (Å²) in [6.07, 6.45) is 0. The van der Waals surface area contributed by atoms with Crippen LogP contribution in [0.3, 0.4) is 0 Å². The quantitative estimate of drug-likeness (QED) is 0.814. The number of anilines is 1. The van der Waals surface area contributed by atoms with E-state index in [1.807, 2.05) is 18.2 Å². The number of hydrogen-bond donors (Lipinski definition) is 2. The predicted molar refractivity (Wildman–Crippen MR) is 72.5 cm³/mol. The highest BCUT2D eigenvalue weighted by atomic mass is 79.9. The van der Waals surface area contributed by atoms with Crippen molar-refractivity contribution in [2.45, 2.75) is 0 Å². The highest BCUT2D eigenvalue weighted by Crippen LogP contribution is 2.26. The zero-order valence-corrected chi connectivity index (χ0v) is 11.1. The van der Waals surface area contributed by atoms with E-state index >= 15 is 0 Å². The summed E-state index contributed by atoms with van der Waals surface area (Å²) in [7, 11) is 1.76. The number of rotatable bonds is 4. The number of amides is 1. The molecule has 0 saturated carbocycles. The van der Waals surface area contributed by atoms with E-state index in [0.29, 0.717) is 5.56 Å². The normalized spacial score (nSPS) is 9.88. The molecule has 1 aromatic carbocycles. The number of likely N-dealkylation sites (N-methyl/N-ethyl adjacent to an activating group) is 1. The predicted octanol–water partition coefficient (Wildman–Crippen LogP) is 1.00. The first-order valence-corrected chi connectivity index (χ1v) is 5.71. The van der Waals surface area contributed by atoms with Gasteiger partial charge in [-0.15, -0.1) is 0 Å². The Morgan fingerprint density at radius 2 is 2.12 bits per heavy atom. The van der Waals surface area contributed by atoms with Gasteiger partial charge >= 0.3 is 0 Å². The van der Waals surface area contributed by atoms with Crippen LogP contribution in [-0.2, 0) is 4.79 Å². The second-order valence-electron chi connectivity index (χ2n) is 3.32. The number of benzene rings is 1. The number of hydrogen-bond acceptors (Lipinski definition) is 3. The van der Waals surface area contributed by atoms with E-state index in [-0.39, 0.29) is 11.5 Å². The number of thiocarbonyl (C=S) groups is 1. The standard InChI is InChI=1S/C10H12BrN3OS/c1-14(5-8(12)15)7-4-2-3-6(11)9(7)10(13)16/h2-4H,5H2,1H3,(H2,12,15)(H2,13,16). The number of nitrogens with zero attached hydrogens (tertiary/aromatic N) is 1. The van der Waals surface area contributed by atoms with Crippen LogP contribution < -0.4 is 16.4 Å². The summed E-state index contributed by atoms with van der Waals surface area (Å²) in [6.45, 7) is 0.117. The second-order valence-corrected chi connectivity index (χ2v) is 4.61. The third kappa shape index (κ3) is 2.93. The fourth-order valence-corrected chi connectivity index (χ4v) is 2.31. The van der Waals surface area contributed by atoms with Gasteiger partial charge in [-0.3, -0.25) is 4.79 Å². The molecule has 0 aliphatic carbocycles. The molecule has 0 fully saturated rings. The summed E-state index contributed by atoms with van der Waals surface area (Å²) in [5.41, 5.74) is 12.3. The molecule has 0 unspecified atom stereocenters. The molecule has 4 nitrogen and oxygen atoms in total. The van der Waals surface area contributed by atoms with Crippen molar-refractivity contribution >= 4 is 44.7 Å². The Labute approximate surface area is 108 Å². The molecule has 0 bridgehead atoms. The Bertz CT molecular complexity index is 436. The Kier molecular flexibility index (Phi) is 4.26. The van der Waals surface area contributed by atoms with Crippen LogP contribution in [-0.4, -0.2) is 24.5 Å². The van der Waals surface area contributed by atoms with Crippen LogP contribution in [0.25, 0.3) is 0 Å². The molecule has 4 N–H and O–H groups in total. The molecule has 1 aromatic rings. The molecule has 6 heteroatoms. The molecule has 0 heterocycles. The topological polar surface area (TPSA) is 72.3 Å². The molecule has 16 heavy (non-hydrogen) atoms. The van der Waals surface area contributed by atoms with Gasteiger partial charge in [0.25, 0.3) is 0 Å². The highest BCUT2D eigenvalue weighted by Gasteiger charge is 2.13. The van der Waals surface area contributed by atoms with Crippen molar-refractivity contribution in [2.24, 2.45) is 11.5 Å². The SMILES string of the molecule is CN(CC(N)=O)c1cccc(Br)c1C(N)=S. The maximum atomic E-state index is 10.9. The zero-order chi connectivity index (χ0) is 12.3. The summed E-state index contributed by atoms with van der Waals surface area (Å²) in [6, 6.07) is 5.52. The number of primary amides is 1. The van der Waals surface area contributed by atoms with Crippen LogP contribution >= 0.6 is 28.1 Å². The largest absolute Gasteiger partial charge is 0.389 e. The molecule has 1 amide bonds. The van der Waals surface area contributed by atoms with Crippen LogP contribution in [0.5, 0.6) is 0 Å². The van der Waals surface area contributed by atoms with E-state index in [4.69, 9.17) is 23.7 Å². The van der Waals surface area contributed by atoms with Crippen LogP contribution in [0, 0.1) is 0 Å². The van der Waals surface area contributed by atoms with E-state index in [0.717, 1.165) is 10.2 Å². The Morgan fingerprint density at radius 1 is 1.50 bits per heavy atom. The summed E-state index contributed by atoms with van der Waals surface area (Å²) < 4.78 is 0.800. The van der Waals surface area contributed by atoms with Gasteiger partial charge in [-0.05, 0) is 28.1 Å². The van der Waals surface area contributed by atoms with Crippen LogP contribution in [0.2, 0.25) is 0 Å². The minimum absolute atomic E-state index is 0.117. The number of halogens is 1. The van der Waals surface area contributed by atoms with Crippen molar-refractivity contribution in [3.8, 4) is 0 Å². The number of nitrogens with two attached hydrogens (primary N) is 2. The fraction of sp³-hybridized carbons (Fsp3) is 0.200. The fourth-order valence-electron chi connectivity index (χ4n) is 1.39. The Balaban J connectivity index is 3.17. The molecule has 0 aliphatic rings. The molecule has 0 spiro atoms. The average Bonchev–Trinajstić information content (AvgIpc) is 2.15. The third-order valence-electron chi connectivity index (χ3n) is 2.04. The van der Waals surface area contributed by atoms with E-state index in [2.05, 4.69) is 15.9 Å².